The molecule has 6 heteroatoms. The van der Waals surface area contributed by atoms with Crippen molar-refractivity contribution in [3.63, 3.8) is 0 Å². The number of alkyl halides is 2. The first-order chi connectivity index (χ1) is 6.00. The fourth-order valence-corrected chi connectivity index (χ4v) is 1.58. The van der Waals surface area contributed by atoms with Gasteiger partial charge in [-0.3, -0.25) is 10.1 Å². The van der Waals surface area contributed by atoms with Crippen LogP contribution in [0.5, 0.6) is 0 Å². The van der Waals surface area contributed by atoms with Crippen molar-refractivity contribution >= 4 is 44.8 Å². The lowest BCUT2D eigenvalue weighted by atomic mass is 10.2. The predicted molar refractivity (Wildman–Crippen MR) is 55.2 cm³/mol. The number of rotatable bonds is 2. The molecular weight excluding hydrogens is 281 g/mol. The molecule has 0 saturated heterocycles. The molecule has 0 atom stereocenters. The molecule has 1 aromatic carbocycles. The molecule has 0 radical (unpaired) electrons. The lowest BCUT2D eigenvalue weighted by Gasteiger charge is -2.01. The maximum atomic E-state index is 10.4. The van der Waals surface area contributed by atoms with Crippen molar-refractivity contribution in [2.24, 2.45) is 0 Å². The van der Waals surface area contributed by atoms with Crippen LogP contribution in [0.15, 0.2) is 22.7 Å². The average molecular weight is 285 g/mol. The normalized spacial score (nSPS) is 10.5. The second-order valence-electron chi connectivity index (χ2n) is 2.30. The molecule has 0 aliphatic heterocycles. The zero-order chi connectivity index (χ0) is 10.0. The first kappa shape index (κ1) is 10.8. The van der Waals surface area contributed by atoms with Gasteiger partial charge in [-0.25, -0.2) is 0 Å². The molecule has 0 aromatic heterocycles. The largest absolute Gasteiger partial charge is 0.270 e. The Morgan fingerprint density at radius 2 is 2.00 bits per heavy atom. The Morgan fingerprint density at radius 3 is 2.46 bits per heavy atom. The van der Waals surface area contributed by atoms with Gasteiger partial charge in [-0.05, 0) is 11.6 Å². The van der Waals surface area contributed by atoms with E-state index in [2.05, 4.69) is 15.9 Å². The molecule has 0 saturated carbocycles. The van der Waals surface area contributed by atoms with Crippen molar-refractivity contribution < 1.29 is 4.92 Å². The Bertz CT molecular complexity index is 343. The Kier molecular flexibility index (Phi) is 3.53. The van der Waals surface area contributed by atoms with Gasteiger partial charge in [-0.1, -0.05) is 15.9 Å². The number of hydrogen-bond donors (Lipinski definition) is 0. The summed E-state index contributed by atoms with van der Waals surface area (Å²) in [5.41, 5.74) is 0.472. The molecule has 0 unspecified atom stereocenters. The van der Waals surface area contributed by atoms with E-state index in [4.69, 9.17) is 23.2 Å². The van der Waals surface area contributed by atoms with E-state index in [1.165, 1.54) is 12.1 Å². The smallest absolute Gasteiger partial charge is 0.258 e. The van der Waals surface area contributed by atoms with Crippen LogP contribution in [0.1, 0.15) is 10.4 Å². The maximum absolute atomic E-state index is 10.4. The van der Waals surface area contributed by atoms with E-state index in [0.717, 1.165) is 0 Å². The number of non-ortho nitro benzene ring substituents is 1. The van der Waals surface area contributed by atoms with Crippen molar-refractivity contribution in [3.8, 4) is 0 Å². The summed E-state index contributed by atoms with van der Waals surface area (Å²) in [7, 11) is 0. The van der Waals surface area contributed by atoms with Gasteiger partial charge in [0.1, 0.15) is 4.84 Å². The van der Waals surface area contributed by atoms with Crippen LogP contribution in [0.25, 0.3) is 0 Å². The van der Waals surface area contributed by atoms with E-state index in [9.17, 15) is 10.1 Å². The molecule has 0 aliphatic carbocycles. The quantitative estimate of drug-likeness (QED) is 0.470. The van der Waals surface area contributed by atoms with Crippen molar-refractivity contribution in [2.45, 2.75) is 4.84 Å². The second-order valence-corrected chi connectivity index (χ2v) is 4.31. The number of benzene rings is 1. The fraction of sp³-hybridized carbons (Fsp3) is 0.143. The number of nitro benzene ring substituents is 1. The highest BCUT2D eigenvalue weighted by molar-refractivity contribution is 9.10. The lowest BCUT2D eigenvalue weighted by Crippen LogP contribution is -1.90. The molecule has 13 heavy (non-hydrogen) atoms. The summed E-state index contributed by atoms with van der Waals surface area (Å²) in [4.78, 5) is 9.18. The number of halogens is 3. The van der Waals surface area contributed by atoms with Crippen LogP contribution < -0.4 is 0 Å². The van der Waals surface area contributed by atoms with E-state index in [-0.39, 0.29) is 5.69 Å². The van der Waals surface area contributed by atoms with Crippen LogP contribution in [0.4, 0.5) is 5.69 Å². The Balaban J connectivity index is 3.19. The number of hydrogen-bond acceptors (Lipinski definition) is 2. The predicted octanol–water partition coefficient (Wildman–Crippen LogP) is 3.83. The Labute approximate surface area is 92.9 Å². The maximum Gasteiger partial charge on any atom is 0.270 e. The molecule has 0 fully saturated rings. The highest BCUT2D eigenvalue weighted by Gasteiger charge is 2.12. The molecule has 0 spiro atoms. The van der Waals surface area contributed by atoms with E-state index in [1.54, 1.807) is 6.07 Å². The minimum Gasteiger partial charge on any atom is -0.258 e. The van der Waals surface area contributed by atoms with Crippen LogP contribution >= 0.6 is 39.1 Å². The summed E-state index contributed by atoms with van der Waals surface area (Å²) in [6, 6.07) is 4.37. The van der Waals surface area contributed by atoms with E-state index < -0.39 is 9.76 Å². The topological polar surface area (TPSA) is 43.1 Å². The van der Waals surface area contributed by atoms with Crippen molar-refractivity contribution in [2.75, 3.05) is 0 Å². The zero-order valence-electron chi connectivity index (χ0n) is 6.21. The third-order valence-corrected chi connectivity index (χ3v) is 2.33. The summed E-state index contributed by atoms with van der Waals surface area (Å²) < 4.78 is 0.586. The molecule has 0 N–H and O–H groups in total. The molecule has 70 valence electrons. The second kappa shape index (κ2) is 4.26. The summed E-state index contributed by atoms with van der Waals surface area (Å²) in [6.07, 6.45) is 0. The van der Waals surface area contributed by atoms with E-state index >= 15 is 0 Å². The highest BCUT2D eigenvalue weighted by Crippen LogP contribution is 2.30. The summed E-state index contributed by atoms with van der Waals surface area (Å²) >= 11 is 14.3. The van der Waals surface area contributed by atoms with Gasteiger partial charge >= 0.3 is 0 Å². The Hall–Kier alpha value is -0.320. The minimum atomic E-state index is -0.754. The first-order valence-corrected chi connectivity index (χ1v) is 4.90. The van der Waals surface area contributed by atoms with E-state index in [1.807, 2.05) is 0 Å². The molecule has 1 aromatic rings. The van der Waals surface area contributed by atoms with Crippen LogP contribution in [-0.2, 0) is 0 Å². The van der Waals surface area contributed by atoms with Crippen LogP contribution in [0, 0.1) is 10.1 Å². The van der Waals surface area contributed by atoms with Gasteiger partial charge in [-0.2, -0.15) is 0 Å². The van der Waals surface area contributed by atoms with Gasteiger partial charge < -0.3 is 0 Å². The van der Waals surface area contributed by atoms with Crippen LogP contribution in [-0.4, -0.2) is 4.92 Å². The molecule has 0 aliphatic rings. The average Bonchev–Trinajstić information content (AvgIpc) is 2.03. The number of nitro groups is 1. The molecule has 1 rings (SSSR count). The highest BCUT2D eigenvalue weighted by atomic mass is 79.9. The first-order valence-electron chi connectivity index (χ1n) is 3.23. The minimum absolute atomic E-state index is 0.0318. The molecule has 3 nitrogen and oxygen atoms in total. The van der Waals surface area contributed by atoms with Crippen molar-refractivity contribution in [1.29, 1.82) is 0 Å². The fourth-order valence-electron chi connectivity index (χ4n) is 0.828. The molecule has 0 amide bonds. The molecule has 0 heterocycles. The lowest BCUT2D eigenvalue weighted by molar-refractivity contribution is -0.385. The number of nitrogens with zero attached hydrogens (tertiary/aromatic N) is 1. The van der Waals surface area contributed by atoms with Gasteiger partial charge in [0.2, 0.25) is 0 Å². The van der Waals surface area contributed by atoms with Gasteiger partial charge in [0.25, 0.3) is 5.69 Å². The van der Waals surface area contributed by atoms with Gasteiger partial charge in [0.15, 0.2) is 0 Å². The molecular formula is C7H4BrCl2NO2. The Morgan fingerprint density at radius 1 is 1.38 bits per heavy atom. The van der Waals surface area contributed by atoms with Crippen LogP contribution in [0.2, 0.25) is 0 Å². The van der Waals surface area contributed by atoms with Crippen LogP contribution in [0.3, 0.4) is 0 Å². The van der Waals surface area contributed by atoms with Crippen molar-refractivity contribution in [3.05, 3.63) is 38.3 Å². The molecule has 0 bridgehead atoms. The van der Waals surface area contributed by atoms with Gasteiger partial charge in [0, 0.05) is 16.6 Å². The standard InChI is InChI=1S/C7H4BrCl2NO2/c8-5-1-4(7(9)10)2-6(3-5)11(12)13/h1-3,7H. The SMILES string of the molecule is O=[N+]([O-])c1cc(Br)cc(C(Cl)Cl)c1. The summed E-state index contributed by atoms with van der Waals surface area (Å²) in [6.45, 7) is 0. The summed E-state index contributed by atoms with van der Waals surface area (Å²) in [5, 5.41) is 10.4. The third-order valence-electron chi connectivity index (χ3n) is 1.37. The van der Waals surface area contributed by atoms with Crippen molar-refractivity contribution in [1.82, 2.24) is 0 Å². The van der Waals surface area contributed by atoms with E-state index in [0.29, 0.717) is 10.0 Å². The van der Waals surface area contributed by atoms with Gasteiger partial charge in [-0.15, -0.1) is 23.2 Å². The zero-order valence-corrected chi connectivity index (χ0v) is 9.30. The summed E-state index contributed by atoms with van der Waals surface area (Å²) in [5.74, 6) is 0. The monoisotopic (exact) mass is 283 g/mol. The third kappa shape index (κ3) is 2.83. The van der Waals surface area contributed by atoms with Gasteiger partial charge in [0.05, 0.1) is 4.92 Å².